The molecule has 1 fully saturated rings. The summed E-state index contributed by atoms with van der Waals surface area (Å²) in [6, 6.07) is 0. The quantitative estimate of drug-likeness (QED) is 0.423. The number of carbonyl (C=O) groups excluding carboxylic acids is 2. The molecule has 20 heavy (non-hydrogen) atoms. The number of rotatable bonds is 6. The third kappa shape index (κ3) is 1.72. The van der Waals surface area contributed by atoms with E-state index in [-0.39, 0.29) is 17.2 Å². The van der Waals surface area contributed by atoms with E-state index in [1.54, 1.807) is 6.08 Å². The molecule has 3 heteroatoms. The zero-order valence-corrected chi connectivity index (χ0v) is 12.3. The van der Waals surface area contributed by atoms with E-state index >= 15 is 0 Å². The summed E-state index contributed by atoms with van der Waals surface area (Å²) < 4.78 is 0. The van der Waals surface area contributed by atoms with E-state index in [2.05, 4.69) is 13.5 Å². The second kappa shape index (κ2) is 4.87. The molecule has 0 saturated heterocycles. The minimum absolute atomic E-state index is 0.0244. The lowest BCUT2D eigenvalue weighted by molar-refractivity contribution is -0.137. The smallest absolute Gasteiger partial charge is 0.258 e. The first kappa shape index (κ1) is 13.6. The van der Waals surface area contributed by atoms with Crippen LogP contribution in [0.2, 0.25) is 0 Å². The molecule has 0 aromatic carbocycles. The van der Waals surface area contributed by atoms with Crippen molar-refractivity contribution in [2.75, 3.05) is 6.54 Å². The summed E-state index contributed by atoms with van der Waals surface area (Å²) in [6.45, 7) is 6.20. The van der Waals surface area contributed by atoms with Gasteiger partial charge in [-0.25, -0.2) is 0 Å². The largest absolute Gasteiger partial charge is 0.271 e. The van der Waals surface area contributed by atoms with Crippen molar-refractivity contribution in [2.24, 2.45) is 11.3 Å². The van der Waals surface area contributed by atoms with E-state index in [1.165, 1.54) is 24.2 Å². The van der Waals surface area contributed by atoms with Gasteiger partial charge in [0.1, 0.15) is 0 Å². The topological polar surface area (TPSA) is 37.4 Å². The average molecular weight is 273 g/mol. The minimum Gasteiger partial charge on any atom is -0.271 e. The van der Waals surface area contributed by atoms with Gasteiger partial charge in [-0.05, 0) is 31.6 Å². The minimum atomic E-state index is -0.0352. The number of hydrogen-bond donors (Lipinski definition) is 0. The Morgan fingerprint density at radius 1 is 1.35 bits per heavy atom. The van der Waals surface area contributed by atoms with Crippen molar-refractivity contribution < 1.29 is 9.59 Å². The molecule has 1 heterocycles. The average Bonchev–Trinajstić information content (AvgIpc) is 3.06. The van der Waals surface area contributed by atoms with Gasteiger partial charge in [0.2, 0.25) is 0 Å². The first-order valence-corrected chi connectivity index (χ1v) is 7.86. The summed E-state index contributed by atoms with van der Waals surface area (Å²) in [7, 11) is 0. The Kier molecular flexibility index (Phi) is 3.31. The summed E-state index contributed by atoms with van der Waals surface area (Å²) >= 11 is 0. The Hall–Kier alpha value is -1.38. The molecular formula is C17H23NO2. The molecule has 2 atom stereocenters. The van der Waals surface area contributed by atoms with Gasteiger partial charge in [-0.2, -0.15) is 0 Å². The monoisotopic (exact) mass is 273 g/mol. The van der Waals surface area contributed by atoms with Crippen molar-refractivity contribution in [1.29, 1.82) is 0 Å². The highest BCUT2D eigenvalue weighted by Gasteiger charge is 2.59. The Morgan fingerprint density at radius 2 is 2.15 bits per heavy atom. The summed E-state index contributed by atoms with van der Waals surface area (Å²) in [6.07, 6.45) is 9.53. The zero-order valence-electron chi connectivity index (χ0n) is 12.3. The number of amides is 2. The van der Waals surface area contributed by atoms with E-state index in [4.69, 9.17) is 0 Å². The van der Waals surface area contributed by atoms with Gasteiger partial charge in [-0.3, -0.25) is 14.5 Å². The van der Waals surface area contributed by atoms with Crippen LogP contribution in [-0.4, -0.2) is 23.3 Å². The van der Waals surface area contributed by atoms with Gasteiger partial charge in [0.25, 0.3) is 11.8 Å². The third-order valence-electron chi connectivity index (χ3n) is 5.32. The van der Waals surface area contributed by atoms with Crippen LogP contribution in [0.3, 0.4) is 0 Å². The molecule has 0 radical (unpaired) electrons. The fourth-order valence-electron chi connectivity index (χ4n) is 4.45. The van der Waals surface area contributed by atoms with E-state index < -0.39 is 0 Å². The predicted molar refractivity (Wildman–Crippen MR) is 77.9 cm³/mol. The van der Waals surface area contributed by atoms with E-state index in [1.807, 2.05) is 0 Å². The highest BCUT2D eigenvalue weighted by molar-refractivity contribution is 6.21. The third-order valence-corrected chi connectivity index (χ3v) is 5.32. The number of nitrogens with zero attached hydrogens (tertiary/aromatic N) is 1. The number of carbonyl (C=O) groups is 2. The van der Waals surface area contributed by atoms with Crippen LogP contribution in [0.25, 0.3) is 0 Å². The molecule has 3 rings (SSSR count). The lowest BCUT2D eigenvalue weighted by Crippen LogP contribution is -2.35. The first-order valence-electron chi connectivity index (χ1n) is 7.86. The highest BCUT2D eigenvalue weighted by atomic mass is 16.2. The van der Waals surface area contributed by atoms with E-state index in [0.29, 0.717) is 12.5 Å². The van der Waals surface area contributed by atoms with Crippen LogP contribution < -0.4 is 0 Å². The molecule has 2 unspecified atom stereocenters. The number of fused-ring (bicyclic) bond motifs is 4. The number of likely N-dealkylation sites (tertiary alicyclic amines) is 1. The highest BCUT2D eigenvalue weighted by Crippen LogP contribution is 2.62. The van der Waals surface area contributed by atoms with Gasteiger partial charge >= 0.3 is 0 Å². The molecule has 108 valence electrons. The molecule has 1 saturated carbocycles. The Balaban J connectivity index is 1.89. The van der Waals surface area contributed by atoms with Crippen LogP contribution in [0.1, 0.15) is 51.9 Å². The SMILES string of the molecule is C=CCN1C(=O)C2=C(C1=O)C1(CCCCC)CCC2C1. The zero-order chi connectivity index (χ0) is 14.3. The maximum absolute atomic E-state index is 12.6. The predicted octanol–water partition coefficient (Wildman–Crippen LogP) is 3.22. The number of hydrogen-bond acceptors (Lipinski definition) is 2. The molecule has 2 bridgehead atoms. The van der Waals surface area contributed by atoms with Crippen LogP contribution in [0.5, 0.6) is 0 Å². The van der Waals surface area contributed by atoms with Crippen molar-refractivity contribution in [1.82, 2.24) is 4.90 Å². The summed E-state index contributed by atoms with van der Waals surface area (Å²) in [5.41, 5.74) is 1.77. The van der Waals surface area contributed by atoms with Crippen LogP contribution in [0, 0.1) is 11.3 Å². The standard InChI is InChI=1S/C17H23NO2/c1-3-5-6-8-17-9-7-12(11-17)13-14(17)16(20)18(10-4-2)15(13)19/h4,12H,2-3,5-11H2,1H3. The molecule has 0 aromatic rings. The Bertz CT molecular complexity index is 505. The fourth-order valence-corrected chi connectivity index (χ4v) is 4.45. The normalized spacial score (nSPS) is 31.4. The molecule has 2 amide bonds. The van der Waals surface area contributed by atoms with Gasteiger partial charge in [-0.15, -0.1) is 6.58 Å². The van der Waals surface area contributed by atoms with E-state index in [9.17, 15) is 9.59 Å². The van der Waals surface area contributed by atoms with Crippen molar-refractivity contribution >= 4 is 11.8 Å². The van der Waals surface area contributed by atoms with Crippen molar-refractivity contribution in [3.63, 3.8) is 0 Å². The number of unbranched alkanes of at least 4 members (excludes halogenated alkanes) is 2. The second-order valence-corrected chi connectivity index (χ2v) is 6.48. The molecular weight excluding hydrogens is 250 g/mol. The molecule has 3 nitrogen and oxygen atoms in total. The van der Waals surface area contributed by atoms with Crippen LogP contribution in [0.15, 0.2) is 23.8 Å². The van der Waals surface area contributed by atoms with Crippen LogP contribution in [0.4, 0.5) is 0 Å². The van der Waals surface area contributed by atoms with Gasteiger partial charge in [0.05, 0.1) is 0 Å². The molecule has 1 aliphatic heterocycles. The lowest BCUT2D eigenvalue weighted by atomic mass is 9.75. The van der Waals surface area contributed by atoms with Gasteiger partial charge in [0.15, 0.2) is 0 Å². The van der Waals surface area contributed by atoms with Gasteiger partial charge in [-0.1, -0.05) is 32.3 Å². The Morgan fingerprint density at radius 3 is 2.85 bits per heavy atom. The van der Waals surface area contributed by atoms with Gasteiger partial charge in [0, 0.05) is 23.1 Å². The van der Waals surface area contributed by atoms with Gasteiger partial charge < -0.3 is 0 Å². The molecule has 3 aliphatic rings. The lowest BCUT2D eigenvalue weighted by Gasteiger charge is -2.29. The Labute approximate surface area is 120 Å². The molecule has 0 spiro atoms. The van der Waals surface area contributed by atoms with E-state index in [0.717, 1.165) is 36.8 Å². The van der Waals surface area contributed by atoms with Crippen molar-refractivity contribution in [3.05, 3.63) is 23.8 Å². The van der Waals surface area contributed by atoms with Crippen LogP contribution in [-0.2, 0) is 9.59 Å². The fraction of sp³-hybridized carbons (Fsp3) is 0.647. The first-order chi connectivity index (χ1) is 9.64. The summed E-state index contributed by atoms with van der Waals surface area (Å²) in [4.78, 5) is 26.5. The second-order valence-electron chi connectivity index (χ2n) is 6.48. The molecule has 2 aliphatic carbocycles. The number of imide groups is 1. The molecule has 0 aromatic heterocycles. The van der Waals surface area contributed by atoms with Crippen molar-refractivity contribution in [3.8, 4) is 0 Å². The maximum Gasteiger partial charge on any atom is 0.258 e. The summed E-state index contributed by atoms with van der Waals surface area (Å²) in [5.74, 6) is 0.286. The van der Waals surface area contributed by atoms with Crippen molar-refractivity contribution in [2.45, 2.75) is 51.9 Å². The molecule has 0 N–H and O–H groups in total. The summed E-state index contributed by atoms with van der Waals surface area (Å²) in [5, 5.41) is 0. The maximum atomic E-state index is 12.6. The van der Waals surface area contributed by atoms with Crippen LogP contribution >= 0.6 is 0 Å².